The van der Waals surface area contributed by atoms with Crippen molar-refractivity contribution in [3.8, 4) is 23.0 Å². The predicted molar refractivity (Wildman–Crippen MR) is 102 cm³/mol. The van der Waals surface area contributed by atoms with Crippen molar-refractivity contribution >= 4 is 23.2 Å². The zero-order chi connectivity index (χ0) is 19.3. The maximum absolute atomic E-state index is 12.6. The van der Waals surface area contributed by atoms with Gasteiger partial charge in [-0.3, -0.25) is 4.79 Å². The van der Waals surface area contributed by atoms with Crippen molar-refractivity contribution in [1.29, 1.82) is 0 Å². The SMILES string of the molecule is Cc1ccc(Cl)cc1N1CC(c2noc(-c3ccc4c(c3)OCO4)n2)CC1=O. The minimum Gasteiger partial charge on any atom is -0.454 e. The number of carbonyl (C=O) groups excluding carboxylic acids is 1. The van der Waals surface area contributed by atoms with Crippen molar-refractivity contribution in [1.82, 2.24) is 10.1 Å². The van der Waals surface area contributed by atoms with Gasteiger partial charge in [0.15, 0.2) is 17.3 Å². The molecule has 2 aliphatic rings. The molecule has 7 nitrogen and oxygen atoms in total. The number of hydrogen-bond donors (Lipinski definition) is 0. The fourth-order valence-electron chi connectivity index (χ4n) is 3.53. The van der Waals surface area contributed by atoms with Gasteiger partial charge in [-0.1, -0.05) is 22.8 Å². The second-order valence-corrected chi connectivity index (χ2v) is 7.30. The Balaban J connectivity index is 1.39. The number of nitrogens with zero attached hydrogens (tertiary/aromatic N) is 3. The first kappa shape index (κ1) is 17.1. The summed E-state index contributed by atoms with van der Waals surface area (Å²) >= 11 is 6.11. The molecule has 5 rings (SSSR count). The predicted octanol–water partition coefficient (Wildman–Crippen LogP) is 3.95. The number of anilines is 1. The molecular weight excluding hydrogens is 382 g/mol. The fraction of sp³-hybridized carbons (Fsp3) is 0.250. The van der Waals surface area contributed by atoms with E-state index in [0.717, 1.165) is 16.8 Å². The Hall–Kier alpha value is -3.06. The molecule has 2 aliphatic heterocycles. The molecule has 1 amide bonds. The van der Waals surface area contributed by atoms with Crippen LogP contribution < -0.4 is 14.4 Å². The molecule has 0 bridgehead atoms. The zero-order valence-electron chi connectivity index (χ0n) is 15.0. The summed E-state index contributed by atoms with van der Waals surface area (Å²) in [6.07, 6.45) is 0.325. The van der Waals surface area contributed by atoms with Crippen LogP contribution in [0.4, 0.5) is 5.69 Å². The third-order valence-corrected chi connectivity index (χ3v) is 5.25. The summed E-state index contributed by atoms with van der Waals surface area (Å²) in [5, 5.41) is 4.71. The normalized spacial score (nSPS) is 18.1. The molecule has 1 aromatic heterocycles. The minimum atomic E-state index is -0.141. The van der Waals surface area contributed by atoms with Crippen molar-refractivity contribution in [3.63, 3.8) is 0 Å². The second kappa shape index (κ2) is 6.53. The van der Waals surface area contributed by atoms with Gasteiger partial charge in [-0.05, 0) is 42.8 Å². The molecule has 28 heavy (non-hydrogen) atoms. The summed E-state index contributed by atoms with van der Waals surface area (Å²) < 4.78 is 16.1. The molecule has 1 saturated heterocycles. The molecular formula is C20H16ClN3O4. The van der Waals surface area contributed by atoms with E-state index in [0.29, 0.717) is 41.2 Å². The molecule has 3 heterocycles. The number of fused-ring (bicyclic) bond motifs is 1. The van der Waals surface area contributed by atoms with Gasteiger partial charge in [-0.15, -0.1) is 0 Å². The van der Waals surface area contributed by atoms with Crippen LogP contribution in [-0.2, 0) is 4.79 Å². The first-order valence-electron chi connectivity index (χ1n) is 8.88. The topological polar surface area (TPSA) is 77.7 Å². The molecule has 142 valence electrons. The lowest BCUT2D eigenvalue weighted by molar-refractivity contribution is -0.117. The summed E-state index contributed by atoms with van der Waals surface area (Å²) in [4.78, 5) is 18.8. The van der Waals surface area contributed by atoms with Gasteiger partial charge in [0, 0.05) is 35.2 Å². The van der Waals surface area contributed by atoms with Gasteiger partial charge < -0.3 is 18.9 Å². The number of amides is 1. The fourth-order valence-corrected chi connectivity index (χ4v) is 3.70. The number of rotatable bonds is 3. The maximum atomic E-state index is 12.6. The second-order valence-electron chi connectivity index (χ2n) is 6.86. The Bertz CT molecular complexity index is 1080. The van der Waals surface area contributed by atoms with Crippen LogP contribution in [0.25, 0.3) is 11.5 Å². The highest BCUT2D eigenvalue weighted by atomic mass is 35.5. The van der Waals surface area contributed by atoms with Crippen LogP contribution in [0, 0.1) is 6.92 Å². The number of aromatic nitrogens is 2. The smallest absolute Gasteiger partial charge is 0.258 e. The first-order chi connectivity index (χ1) is 13.6. The average Bonchev–Trinajstić information content (AvgIpc) is 3.42. The van der Waals surface area contributed by atoms with Gasteiger partial charge in [0.05, 0.1) is 0 Å². The molecule has 0 N–H and O–H groups in total. The van der Waals surface area contributed by atoms with E-state index in [9.17, 15) is 4.79 Å². The van der Waals surface area contributed by atoms with E-state index >= 15 is 0 Å². The summed E-state index contributed by atoms with van der Waals surface area (Å²) in [7, 11) is 0. The molecule has 0 aliphatic carbocycles. The third kappa shape index (κ3) is 2.88. The van der Waals surface area contributed by atoms with Crippen LogP contribution in [0.15, 0.2) is 40.9 Å². The largest absolute Gasteiger partial charge is 0.454 e. The molecule has 1 atom stereocenters. The van der Waals surface area contributed by atoms with Crippen molar-refractivity contribution in [2.24, 2.45) is 0 Å². The van der Waals surface area contributed by atoms with E-state index in [1.165, 1.54) is 0 Å². The quantitative estimate of drug-likeness (QED) is 0.666. The minimum absolute atomic E-state index is 0.0183. The summed E-state index contributed by atoms with van der Waals surface area (Å²) in [5.74, 6) is 2.12. The number of benzene rings is 2. The van der Waals surface area contributed by atoms with Gasteiger partial charge in [0.1, 0.15) is 0 Å². The van der Waals surface area contributed by atoms with E-state index < -0.39 is 0 Å². The van der Waals surface area contributed by atoms with Crippen LogP contribution in [0.3, 0.4) is 0 Å². The van der Waals surface area contributed by atoms with Crippen LogP contribution in [0.1, 0.15) is 23.7 Å². The summed E-state index contributed by atoms with van der Waals surface area (Å²) in [5.41, 5.74) is 2.56. The summed E-state index contributed by atoms with van der Waals surface area (Å²) in [6, 6.07) is 11.0. The number of carbonyl (C=O) groups is 1. The van der Waals surface area contributed by atoms with Gasteiger partial charge in [0.25, 0.3) is 5.89 Å². The molecule has 1 unspecified atom stereocenters. The van der Waals surface area contributed by atoms with Crippen LogP contribution >= 0.6 is 11.6 Å². The Morgan fingerprint density at radius 3 is 2.89 bits per heavy atom. The number of halogens is 1. The van der Waals surface area contributed by atoms with E-state index in [4.69, 9.17) is 25.6 Å². The molecule has 8 heteroatoms. The van der Waals surface area contributed by atoms with Crippen LogP contribution in [-0.4, -0.2) is 29.4 Å². The first-order valence-corrected chi connectivity index (χ1v) is 9.26. The van der Waals surface area contributed by atoms with Gasteiger partial charge in [-0.2, -0.15) is 4.98 Å². The summed E-state index contributed by atoms with van der Waals surface area (Å²) in [6.45, 7) is 2.65. The Labute approximate surface area is 165 Å². The molecule has 0 spiro atoms. The van der Waals surface area contributed by atoms with Gasteiger partial charge >= 0.3 is 0 Å². The third-order valence-electron chi connectivity index (χ3n) is 5.01. The highest BCUT2D eigenvalue weighted by Crippen LogP contribution is 2.37. The van der Waals surface area contributed by atoms with E-state index in [2.05, 4.69) is 10.1 Å². The Kier molecular flexibility index (Phi) is 3.98. The van der Waals surface area contributed by atoms with E-state index in [1.807, 2.05) is 37.3 Å². The van der Waals surface area contributed by atoms with Gasteiger partial charge in [0.2, 0.25) is 12.7 Å². The molecule has 3 aromatic rings. The zero-order valence-corrected chi connectivity index (χ0v) is 15.8. The van der Waals surface area contributed by atoms with E-state index in [1.54, 1.807) is 11.0 Å². The lowest BCUT2D eigenvalue weighted by Crippen LogP contribution is -2.25. The van der Waals surface area contributed by atoms with E-state index in [-0.39, 0.29) is 18.6 Å². The molecule has 1 fully saturated rings. The number of ether oxygens (including phenoxy) is 2. The van der Waals surface area contributed by atoms with Crippen molar-refractivity contribution < 1.29 is 18.8 Å². The van der Waals surface area contributed by atoms with Crippen molar-refractivity contribution in [2.45, 2.75) is 19.3 Å². The average molecular weight is 398 g/mol. The highest BCUT2D eigenvalue weighted by molar-refractivity contribution is 6.31. The molecule has 0 saturated carbocycles. The maximum Gasteiger partial charge on any atom is 0.258 e. The highest BCUT2D eigenvalue weighted by Gasteiger charge is 2.35. The number of hydrogen-bond acceptors (Lipinski definition) is 6. The lowest BCUT2D eigenvalue weighted by Gasteiger charge is -2.19. The van der Waals surface area contributed by atoms with Crippen molar-refractivity contribution in [2.75, 3.05) is 18.2 Å². The molecule has 2 aromatic carbocycles. The van der Waals surface area contributed by atoms with Crippen molar-refractivity contribution in [3.05, 3.63) is 52.8 Å². The lowest BCUT2D eigenvalue weighted by atomic mass is 10.1. The Morgan fingerprint density at radius 1 is 1.14 bits per heavy atom. The Morgan fingerprint density at radius 2 is 2.00 bits per heavy atom. The van der Waals surface area contributed by atoms with Crippen LogP contribution in [0.5, 0.6) is 11.5 Å². The standard InChI is InChI=1S/C20H16ClN3O4/c1-11-2-4-14(21)8-15(11)24-9-13(7-18(24)25)19-22-20(28-23-19)12-3-5-16-17(6-12)27-10-26-16/h2-6,8,13H,7,9-10H2,1H3. The van der Waals surface area contributed by atoms with Gasteiger partial charge in [-0.25, -0.2) is 0 Å². The van der Waals surface area contributed by atoms with Crippen LogP contribution in [0.2, 0.25) is 5.02 Å². The monoisotopic (exact) mass is 397 g/mol. The number of aryl methyl sites for hydroxylation is 1. The molecule has 0 radical (unpaired) electrons.